The van der Waals surface area contributed by atoms with E-state index in [1.165, 1.54) is 13.8 Å². The average Bonchev–Trinajstić information content (AvgIpc) is 2.68. The molecule has 1 atom stereocenters. The van der Waals surface area contributed by atoms with Gasteiger partial charge in [0.05, 0.1) is 19.1 Å². The van der Waals surface area contributed by atoms with Gasteiger partial charge in [-0.3, -0.25) is 14.4 Å². The number of hydrogen-bond donors (Lipinski definition) is 1. The Bertz CT molecular complexity index is 851. The standard InChI is InChI=1S/C25H33NO4Si/c1-19(27)16-22(29)17-21(26-20(2)28)18-30-31(25(3,4)5,23-12-8-6-9-13-23)24-14-10-7-11-15-24/h6-15,21H,16-18H2,1-5H3,(H,26,28)/t21-/m0/s1. The molecule has 166 valence electrons. The number of amides is 1. The van der Waals surface area contributed by atoms with E-state index in [4.69, 9.17) is 4.43 Å². The lowest BCUT2D eigenvalue weighted by atomic mass is 10.1. The van der Waals surface area contributed by atoms with Crippen LogP contribution >= 0.6 is 0 Å². The molecule has 2 aromatic carbocycles. The van der Waals surface area contributed by atoms with E-state index in [1.807, 2.05) is 36.4 Å². The molecule has 1 N–H and O–H groups in total. The van der Waals surface area contributed by atoms with Crippen molar-refractivity contribution in [3.8, 4) is 0 Å². The fourth-order valence-corrected chi connectivity index (χ4v) is 8.66. The van der Waals surface area contributed by atoms with Crippen LogP contribution in [0.25, 0.3) is 0 Å². The SMILES string of the molecule is CC(=O)CC(=O)C[C@@H](CO[Si](c1ccccc1)(c1ccccc1)C(C)(C)C)NC(C)=O. The second kappa shape index (κ2) is 10.6. The van der Waals surface area contributed by atoms with Crippen LogP contribution in [0.2, 0.25) is 5.04 Å². The van der Waals surface area contributed by atoms with Crippen LogP contribution in [-0.2, 0) is 18.8 Å². The first kappa shape index (κ1) is 24.7. The van der Waals surface area contributed by atoms with Gasteiger partial charge in [0.1, 0.15) is 11.6 Å². The lowest BCUT2D eigenvalue weighted by molar-refractivity contribution is -0.126. The summed E-state index contributed by atoms with van der Waals surface area (Å²) in [6, 6.07) is 19.9. The third kappa shape index (κ3) is 6.45. The maximum Gasteiger partial charge on any atom is 0.261 e. The smallest absolute Gasteiger partial charge is 0.261 e. The number of nitrogens with one attached hydrogen (secondary N) is 1. The van der Waals surface area contributed by atoms with Crippen LogP contribution in [0.5, 0.6) is 0 Å². The highest BCUT2D eigenvalue weighted by Gasteiger charge is 2.50. The summed E-state index contributed by atoms with van der Waals surface area (Å²) in [5.41, 5.74) is 0. The number of rotatable bonds is 10. The van der Waals surface area contributed by atoms with E-state index in [2.05, 4.69) is 50.4 Å². The fourth-order valence-electron chi connectivity index (χ4n) is 4.05. The molecule has 0 radical (unpaired) electrons. The van der Waals surface area contributed by atoms with Crippen LogP contribution < -0.4 is 15.7 Å². The van der Waals surface area contributed by atoms with Crippen molar-refractivity contribution in [2.75, 3.05) is 6.61 Å². The van der Waals surface area contributed by atoms with E-state index < -0.39 is 14.4 Å². The molecule has 2 aromatic rings. The molecule has 0 aromatic heterocycles. The van der Waals surface area contributed by atoms with Crippen LogP contribution in [0.4, 0.5) is 0 Å². The summed E-state index contributed by atoms with van der Waals surface area (Å²) in [4.78, 5) is 35.4. The minimum absolute atomic E-state index is 0.0668. The van der Waals surface area contributed by atoms with Crippen molar-refractivity contribution < 1.29 is 18.8 Å². The molecule has 31 heavy (non-hydrogen) atoms. The van der Waals surface area contributed by atoms with Gasteiger partial charge < -0.3 is 9.74 Å². The summed E-state index contributed by atoms with van der Waals surface area (Å²) in [5.74, 6) is -0.608. The van der Waals surface area contributed by atoms with Gasteiger partial charge in [-0.25, -0.2) is 0 Å². The summed E-state index contributed by atoms with van der Waals surface area (Å²) in [7, 11) is -2.78. The molecule has 0 heterocycles. The van der Waals surface area contributed by atoms with Crippen LogP contribution in [-0.4, -0.2) is 38.4 Å². The molecule has 0 bridgehead atoms. The fraction of sp³-hybridized carbons (Fsp3) is 0.400. The summed E-state index contributed by atoms with van der Waals surface area (Å²) < 4.78 is 6.82. The van der Waals surface area contributed by atoms with Crippen LogP contribution in [0, 0.1) is 0 Å². The Labute approximate surface area is 186 Å². The minimum atomic E-state index is -2.78. The number of benzene rings is 2. The first-order valence-corrected chi connectivity index (χ1v) is 12.5. The Morgan fingerprint density at radius 2 is 1.39 bits per heavy atom. The van der Waals surface area contributed by atoms with Gasteiger partial charge >= 0.3 is 0 Å². The van der Waals surface area contributed by atoms with Crippen molar-refractivity contribution in [2.24, 2.45) is 0 Å². The van der Waals surface area contributed by atoms with Crippen molar-refractivity contribution in [3.63, 3.8) is 0 Å². The van der Waals surface area contributed by atoms with Crippen molar-refractivity contribution in [2.45, 2.75) is 58.5 Å². The minimum Gasteiger partial charge on any atom is -0.405 e. The van der Waals surface area contributed by atoms with Gasteiger partial charge in [0, 0.05) is 13.3 Å². The third-order valence-corrected chi connectivity index (χ3v) is 10.3. The molecule has 0 aliphatic carbocycles. The van der Waals surface area contributed by atoms with Gasteiger partial charge in [-0.2, -0.15) is 0 Å². The molecule has 6 heteroatoms. The molecule has 0 aliphatic rings. The molecule has 5 nitrogen and oxygen atoms in total. The first-order chi connectivity index (χ1) is 14.6. The van der Waals surface area contributed by atoms with E-state index in [0.717, 1.165) is 10.4 Å². The Morgan fingerprint density at radius 1 is 0.903 bits per heavy atom. The predicted molar refractivity (Wildman–Crippen MR) is 126 cm³/mol. The molecule has 0 saturated heterocycles. The molecule has 2 rings (SSSR count). The van der Waals surface area contributed by atoms with Gasteiger partial charge in [-0.1, -0.05) is 81.4 Å². The number of carbonyl (C=O) groups excluding carboxylic acids is 3. The van der Waals surface area contributed by atoms with Gasteiger partial charge in [0.25, 0.3) is 8.32 Å². The van der Waals surface area contributed by atoms with E-state index in [0.29, 0.717) is 0 Å². The van der Waals surface area contributed by atoms with Crippen LogP contribution in [0.1, 0.15) is 47.5 Å². The quantitative estimate of drug-likeness (QED) is 0.456. The Hall–Kier alpha value is -2.57. The highest BCUT2D eigenvalue weighted by atomic mass is 28.4. The molecular weight excluding hydrogens is 406 g/mol. The monoisotopic (exact) mass is 439 g/mol. The second-order valence-electron chi connectivity index (χ2n) is 8.99. The zero-order chi connectivity index (χ0) is 23.1. The average molecular weight is 440 g/mol. The topological polar surface area (TPSA) is 72.5 Å². The van der Waals surface area contributed by atoms with E-state index in [1.54, 1.807) is 0 Å². The van der Waals surface area contributed by atoms with Crippen molar-refractivity contribution >= 4 is 36.2 Å². The van der Waals surface area contributed by atoms with Gasteiger partial charge in [0.2, 0.25) is 5.91 Å². The van der Waals surface area contributed by atoms with Crippen molar-refractivity contribution in [1.82, 2.24) is 5.32 Å². The van der Waals surface area contributed by atoms with Crippen LogP contribution in [0.3, 0.4) is 0 Å². The summed E-state index contributed by atoms with van der Waals surface area (Å²) in [6.45, 7) is 9.53. The largest absolute Gasteiger partial charge is 0.405 e. The van der Waals surface area contributed by atoms with Crippen molar-refractivity contribution in [1.29, 1.82) is 0 Å². The first-order valence-electron chi connectivity index (χ1n) is 10.6. The summed E-state index contributed by atoms with van der Waals surface area (Å²) in [6.07, 6.45) is -0.0628. The zero-order valence-electron chi connectivity index (χ0n) is 19.1. The zero-order valence-corrected chi connectivity index (χ0v) is 20.1. The summed E-state index contributed by atoms with van der Waals surface area (Å²) in [5, 5.41) is 4.89. The van der Waals surface area contributed by atoms with Gasteiger partial charge in [-0.15, -0.1) is 0 Å². The highest BCUT2D eigenvalue weighted by Crippen LogP contribution is 2.36. The van der Waals surface area contributed by atoms with Crippen molar-refractivity contribution in [3.05, 3.63) is 60.7 Å². The number of hydrogen-bond acceptors (Lipinski definition) is 4. The maximum atomic E-state index is 12.3. The molecular formula is C25H33NO4Si. The lowest BCUT2D eigenvalue weighted by Gasteiger charge is -2.43. The van der Waals surface area contributed by atoms with E-state index in [9.17, 15) is 14.4 Å². The normalized spacial score (nSPS) is 12.8. The van der Waals surface area contributed by atoms with Crippen LogP contribution in [0.15, 0.2) is 60.7 Å². The molecule has 0 fully saturated rings. The Morgan fingerprint density at radius 3 is 1.77 bits per heavy atom. The molecule has 0 saturated carbocycles. The van der Waals surface area contributed by atoms with Gasteiger partial charge in [0.15, 0.2) is 0 Å². The predicted octanol–water partition coefficient (Wildman–Crippen LogP) is 3.01. The molecule has 1 amide bonds. The van der Waals surface area contributed by atoms with E-state index in [-0.39, 0.29) is 42.0 Å². The summed E-state index contributed by atoms with van der Waals surface area (Å²) >= 11 is 0. The third-order valence-electron chi connectivity index (χ3n) is 5.25. The number of carbonyl (C=O) groups is 3. The molecule has 0 aliphatic heterocycles. The second-order valence-corrected chi connectivity index (χ2v) is 13.3. The molecule has 0 spiro atoms. The highest BCUT2D eigenvalue weighted by molar-refractivity contribution is 6.99. The van der Waals surface area contributed by atoms with E-state index >= 15 is 0 Å². The molecule has 0 unspecified atom stereocenters. The Balaban J connectivity index is 2.45. The Kier molecular flexibility index (Phi) is 8.48. The maximum absolute atomic E-state index is 12.3. The lowest BCUT2D eigenvalue weighted by Crippen LogP contribution is -2.67. The number of Topliss-reactive ketones (excluding diaryl/α,β-unsaturated/α-hetero) is 2. The van der Waals surface area contributed by atoms with Gasteiger partial charge in [-0.05, 0) is 22.3 Å². The number of ketones is 2.